The average molecular weight is 406 g/mol. The molecule has 0 atom stereocenters. The first-order valence-corrected chi connectivity index (χ1v) is 11.3. The number of fused-ring (bicyclic) bond motifs is 1. The molecule has 0 fully saturated rings. The molecular formula is C27H35NO2. The fourth-order valence-electron chi connectivity index (χ4n) is 3.63. The summed E-state index contributed by atoms with van der Waals surface area (Å²) in [6.07, 6.45) is 5.05. The van der Waals surface area contributed by atoms with Crippen LogP contribution in [0.5, 0.6) is 11.5 Å². The Balaban J connectivity index is 1.65. The Morgan fingerprint density at radius 2 is 1.63 bits per heavy atom. The van der Waals surface area contributed by atoms with Crippen molar-refractivity contribution in [2.45, 2.75) is 65.6 Å². The van der Waals surface area contributed by atoms with Gasteiger partial charge in [0.25, 0.3) is 0 Å². The highest BCUT2D eigenvalue weighted by atomic mass is 16.5. The van der Waals surface area contributed by atoms with Crippen molar-refractivity contribution in [3.63, 3.8) is 0 Å². The monoisotopic (exact) mass is 405 g/mol. The quantitative estimate of drug-likeness (QED) is 0.333. The van der Waals surface area contributed by atoms with Crippen molar-refractivity contribution in [3.05, 3.63) is 71.8 Å². The molecule has 3 nitrogen and oxygen atoms in total. The van der Waals surface area contributed by atoms with Crippen molar-refractivity contribution in [2.24, 2.45) is 0 Å². The van der Waals surface area contributed by atoms with Crippen LogP contribution >= 0.6 is 0 Å². The maximum absolute atomic E-state index is 6.19. The van der Waals surface area contributed by atoms with Gasteiger partial charge in [0.2, 0.25) is 0 Å². The van der Waals surface area contributed by atoms with Gasteiger partial charge in [-0.05, 0) is 54.8 Å². The first kappa shape index (κ1) is 22.2. The van der Waals surface area contributed by atoms with Crippen LogP contribution in [0.25, 0.3) is 10.8 Å². The second-order valence-electron chi connectivity index (χ2n) is 8.09. The Morgan fingerprint density at radius 3 is 2.40 bits per heavy atom. The van der Waals surface area contributed by atoms with Crippen LogP contribution in [0.15, 0.2) is 60.7 Å². The number of nitrogens with one attached hydrogen (secondary N) is 1. The topological polar surface area (TPSA) is 30.5 Å². The van der Waals surface area contributed by atoms with Crippen LogP contribution in [0, 0.1) is 0 Å². The highest BCUT2D eigenvalue weighted by Gasteiger charge is 2.09. The predicted molar refractivity (Wildman–Crippen MR) is 126 cm³/mol. The minimum atomic E-state index is 0.195. The van der Waals surface area contributed by atoms with Crippen LogP contribution in [-0.4, -0.2) is 12.7 Å². The van der Waals surface area contributed by atoms with Crippen molar-refractivity contribution in [1.82, 2.24) is 5.32 Å². The molecule has 3 aromatic carbocycles. The van der Waals surface area contributed by atoms with Gasteiger partial charge in [-0.25, -0.2) is 0 Å². The first-order valence-electron chi connectivity index (χ1n) is 11.3. The van der Waals surface area contributed by atoms with Crippen molar-refractivity contribution >= 4 is 10.8 Å². The summed E-state index contributed by atoms with van der Waals surface area (Å²) >= 11 is 0. The lowest BCUT2D eigenvalue weighted by molar-refractivity contribution is 0.242. The van der Waals surface area contributed by atoms with Gasteiger partial charge in [0, 0.05) is 18.7 Å². The molecule has 0 saturated heterocycles. The molecule has 3 rings (SSSR count). The van der Waals surface area contributed by atoms with Crippen LogP contribution in [0.3, 0.4) is 0 Å². The Bertz CT molecular complexity index is 902. The first-order chi connectivity index (χ1) is 14.7. The van der Waals surface area contributed by atoms with E-state index in [-0.39, 0.29) is 6.10 Å². The SMILES string of the molecule is CCCCCCOc1ccc2ccccc2c1CNCc1ccc(OC(C)C)cc1. The molecule has 0 aliphatic rings. The fraction of sp³-hybridized carbons (Fsp3) is 0.407. The number of hydrogen-bond donors (Lipinski definition) is 1. The van der Waals surface area contributed by atoms with Gasteiger partial charge in [0.05, 0.1) is 12.7 Å². The Hall–Kier alpha value is -2.52. The van der Waals surface area contributed by atoms with Crippen LogP contribution < -0.4 is 14.8 Å². The van der Waals surface area contributed by atoms with E-state index in [0.717, 1.165) is 37.6 Å². The van der Waals surface area contributed by atoms with Gasteiger partial charge >= 0.3 is 0 Å². The largest absolute Gasteiger partial charge is 0.493 e. The van der Waals surface area contributed by atoms with Gasteiger partial charge in [-0.1, -0.05) is 68.7 Å². The number of benzene rings is 3. The van der Waals surface area contributed by atoms with Crippen molar-refractivity contribution in [2.75, 3.05) is 6.61 Å². The number of hydrogen-bond acceptors (Lipinski definition) is 3. The molecule has 3 heteroatoms. The Kier molecular flexibility index (Phi) is 8.58. The number of ether oxygens (including phenoxy) is 2. The average Bonchev–Trinajstić information content (AvgIpc) is 2.75. The van der Waals surface area contributed by atoms with E-state index >= 15 is 0 Å². The summed E-state index contributed by atoms with van der Waals surface area (Å²) in [7, 11) is 0. The second-order valence-corrected chi connectivity index (χ2v) is 8.09. The third-order valence-electron chi connectivity index (χ3n) is 5.18. The highest BCUT2D eigenvalue weighted by Crippen LogP contribution is 2.28. The van der Waals surface area contributed by atoms with Crippen LogP contribution in [0.1, 0.15) is 57.6 Å². The van der Waals surface area contributed by atoms with E-state index in [1.807, 2.05) is 26.0 Å². The smallest absolute Gasteiger partial charge is 0.124 e. The van der Waals surface area contributed by atoms with Crippen LogP contribution in [0.4, 0.5) is 0 Å². The zero-order valence-corrected chi connectivity index (χ0v) is 18.6. The van der Waals surface area contributed by atoms with E-state index in [4.69, 9.17) is 9.47 Å². The van der Waals surface area contributed by atoms with Gasteiger partial charge in [0.15, 0.2) is 0 Å². The molecule has 0 unspecified atom stereocenters. The fourth-order valence-corrected chi connectivity index (χ4v) is 3.63. The van der Waals surface area contributed by atoms with E-state index in [2.05, 4.69) is 60.8 Å². The molecule has 0 radical (unpaired) electrons. The molecule has 1 N–H and O–H groups in total. The maximum Gasteiger partial charge on any atom is 0.124 e. The molecule has 0 aromatic heterocycles. The van der Waals surface area contributed by atoms with E-state index in [1.54, 1.807) is 0 Å². The molecule has 0 heterocycles. The van der Waals surface area contributed by atoms with Crippen molar-refractivity contribution in [1.29, 1.82) is 0 Å². The van der Waals surface area contributed by atoms with Crippen molar-refractivity contribution in [3.8, 4) is 11.5 Å². The third kappa shape index (κ3) is 6.50. The molecule has 160 valence electrons. The lowest BCUT2D eigenvalue weighted by Gasteiger charge is -2.15. The molecule has 0 spiro atoms. The summed E-state index contributed by atoms with van der Waals surface area (Å²) in [6, 6.07) is 21.2. The van der Waals surface area contributed by atoms with Crippen LogP contribution in [-0.2, 0) is 13.1 Å². The van der Waals surface area contributed by atoms with E-state index in [9.17, 15) is 0 Å². The molecule has 0 bridgehead atoms. The second kappa shape index (κ2) is 11.6. The molecule has 0 aliphatic heterocycles. The normalized spacial score (nSPS) is 11.2. The molecular weight excluding hydrogens is 370 g/mol. The molecule has 0 aliphatic carbocycles. The van der Waals surface area contributed by atoms with E-state index < -0.39 is 0 Å². The van der Waals surface area contributed by atoms with E-state index in [1.165, 1.54) is 41.2 Å². The van der Waals surface area contributed by atoms with Gasteiger partial charge in [-0.3, -0.25) is 0 Å². The zero-order chi connectivity index (χ0) is 21.2. The maximum atomic E-state index is 6.19. The molecule has 0 saturated carbocycles. The lowest BCUT2D eigenvalue weighted by Crippen LogP contribution is -2.14. The molecule has 0 amide bonds. The Labute approximate surface area is 181 Å². The van der Waals surface area contributed by atoms with Gasteiger partial charge in [0.1, 0.15) is 11.5 Å². The lowest BCUT2D eigenvalue weighted by atomic mass is 10.0. The zero-order valence-electron chi connectivity index (χ0n) is 18.6. The number of unbranched alkanes of at least 4 members (excludes halogenated alkanes) is 3. The minimum absolute atomic E-state index is 0.195. The van der Waals surface area contributed by atoms with Gasteiger partial charge in [-0.15, -0.1) is 0 Å². The summed E-state index contributed by atoms with van der Waals surface area (Å²) in [4.78, 5) is 0. The summed E-state index contributed by atoms with van der Waals surface area (Å²) in [5.41, 5.74) is 2.48. The van der Waals surface area contributed by atoms with Crippen LogP contribution in [0.2, 0.25) is 0 Å². The summed E-state index contributed by atoms with van der Waals surface area (Å²) in [6.45, 7) is 8.69. The standard InChI is InChI=1S/C27H35NO2/c1-4-5-6-9-18-29-27-17-14-23-10-7-8-11-25(23)26(27)20-28-19-22-12-15-24(16-13-22)30-21(2)3/h7-8,10-17,21,28H,4-6,9,18-20H2,1-3H3. The summed E-state index contributed by atoms with van der Waals surface area (Å²) in [5, 5.41) is 6.11. The van der Waals surface area contributed by atoms with Gasteiger partial charge in [-0.2, -0.15) is 0 Å². The summed E-state index contributed by atoms with van der Waals surface area (Å²) < 4.78 is 11.9. The predicted octanol–water partition coefficient (Wildman–Crippen LogP) is 6.88. The highest BCUT2D eigenvalue weighted by molar-refractivity contribution is 5.87. The summed E-state index contributed by atoms with van der Waals surface area (Å²) in [5.74, 6) is 1.92. The Morgan fingerprint density at radius 1 is 0.833 bits per heavy atom. The molecule has 30 heavy (non-hydrogen) atoms. The van der Waals surface area contributed by atoms with Crippen molar-refractivity contribution < 1.29 is 9.47 Å². The third-order valence-corrected chi connectivity index (χ3v) is 5.18. The number of rotatable bonds is 12. The van der Waals surface area contributed by atoms with E-state index in [0.29, 0.717) is 0 Å². The van der Waals surface area contributed by atoms with Gasteiger partial charge < -0.3 is 14.8 Å². The molecule has 3 aromatic rings. The minimum Gasteiger partial charge on any atom is -0.493 e.